The van der Waals surface area contributed by atoms with Gasteiger partial charge >= 0.3 is 0 Å². The van der Waals surface area contributed by atoms with E-state index in [-0.39, 0.29) is 12.5 Å². The van der Waals surface area contributed by atoms with Gasteiger partial charge in [0.15, 0.2) is 0 Å². The topological polar surface area (TPSA) is 75.7 Å². The fourth-order valence-electron chi connectivity index (χ4n) is 1.99. The molecule has 0 aliphatic rings. The van der Waals surface area contributed by atoms with Crippen LogP contribution in [0.4, 0.5) is 5.69 Å². The molecule has 0 radical (unpaired) electrons. The van der Waals surface area contributed by atoms with E-state index in [2.05, 4.69) is 5.32 Å². The Morgan fingerprint density at radius 1 is 1.36 bits per heavy atom. The Morgan fingerprint density at radius 2 is 2.09 bits per heavy atom. The smallest absolute Gasteiger partial charge is 0.232 e. The largest absolute Gasteiger partial charge is 0.497 e. The number of ether oxygens (including phenoxy) is 1. The number of methoxy groups -OCH3 is 1. The molecule has 0 saturated heterocycles. The van der Waals surface area contributed by atoms with Gasteiger partial charge in [0.05, 0.1) is 19.1 Å². The van der Waals surface area contributed by atoms with Crippen LogP contribution in [0.15, 0.2) is 24.3 Å². The first-order valence-electron chi connectivity index (χ1n) is 7.27. The Morgan fingerprint density at radius 3 is 2.68 bits per heavy atom. The van der Waals surface area contributed by atoms with Crippen LogP contribution in [0.2, 0.25) is 0 Å². The summed E-state index contributed by atoms with van der Waals surface area (Å²) in [5, 5.41) is 2.78. The van der Waals surface area contributed by atoms with Crippen molar-refractivity contribution < 1.29 is 17.9 Å². The fourth-order valence-corrected chi connectivity index (χ4v) is 2.95. The van der Waals surface area contributed by atoms with Gasteiger partial charge in [-0.05, 0) is 25.0 Å². The van der Waals surface area contributed by atoms with Crippen LogP contribution in [-0.4, -0.2) is 40.8 Å². The summed E-state index contributed by atoms with van der Waals surface area (Å²) in [6.07, 6.45) is 2.80. The molecular weight excluding hydrogens is 304 g/mol. The molecule has 0 aliphatic heterocycles. The lowest BCUT2D eigenvalue weighted by atomic mass is 10.2. The second kappa shape index (κ2) is 8.63. The lowest BCUT2D eigenvalue weighted by Crippen LogP contribution is -2.32. The van der Waals surface area contributed by atoms with Gasteiger partial charge in [0, 0.05) is 25.6 Å². The van der Waals surface area contributed by atoms with Crippen LogP contribution in [0, 0.1) is 0 Å². The molecule has 6 nitrogen and oxygen atoms in total. The highest BCUT2D eigenvalue weighted by Gasteiger charge is 2.18. The first kappa shape index (κ1) is 18.3. The third kappa shape index (κ3) is 5.93. The molecule has 0 fully saturated rings. The lowest BCUT2D eigenvalue weighted by Gasteiger charge is -2.22. The van der Waals surface area contributed by atoms with E-state index >= 15 is 0 Å². The van der Waals surface area contributed by atoms with E-state index in [1.807, 2.05) is 6.92 Å². The highest BCUT2D eigenvalue weighted by molar-refractivity contribution is 7.92. The Hall–Kier alpha value is -1.76. The highest BCUT2D eigenvalue weighted by Crippen LogP contribution is 2.23. The number of hydrogen-bond acceptors (Lipinski definition) is 4. The van der Waals surface area contributed by atoms with Gasteiger partial charge < -0.3 is 10.1 Å². The van der Waals surface area contributed by atoms with Crippen LogP contribution in [0.3, 0.4) is 0 Å². The van der Waals surface area contributed by atoms with E-state index in [1.54, 1.807) is 24.3 Å². The number of amides is 1. The summed E-state index contributed by atoms with van der Waals surface area (Å²) < 4.78 is 30.3. The fraction of sp³-hybridized carbons (Fsp3) is 0.533. The van der Waals surface area contributed by atoms with Crippen molar-refractivity contribution in [3.8, 4) is 5.75 Å². The van der Waals surface area contributed by atoms with Crippen molar-refractivity contribution in [2.24, 2.45) is 0 Å². The molecule has 1 aromatic carbocycles. The SMILES string of the molecule is CCCNC(=O)CCCN(c1cccc(OC)c1)S(C)(=O)=O. The summed E-state index contributed by atoms with van der Waals surface area (Å²) in [5.74, 6) is 0.535. The van der Waals surface area contributed by atoms with Gasteiger partial charge in [0.1, 0.15) is 5.75 Å². The number of benzene rings is 1. The summed E-state index contributed by atoms with van der Waals surface area (Å²) in [4.78, 5) is 11.6. The highest BCUT2D eigenvalue weighted by atomic mass is 32.2. The van der Waals surface area contributed by atoms with Crippen LogP contribution in [0.1, 0.15) is 26.2 Å². The summed E-state index contributed by atoms with van der Waals surface area (Å²) in [7, 11) is -1.88. The van der Waals surface area contributed by atoms with Gasteiger partial charge in [-0.25, -0.2) is 8.42 Å². The number of carbonyl (C=O) groups is 1. The van der Waals surface area contributed by atoms with Crippen molar-refractivity contribution in [1.82, 2.24) is 5.32 Å². The van der Waals surface area contributed by atoms with Crippen molar-refractivity contribution in [1.29, 1.82) is 0 Å². The number of hydrogen-bond donors (Lipinski definition) is 1. The minimum absolute atomic E-state index is 0.0547. The third-order valence-corrected chi connectivity index (χ3v) is 4.27. The van der Waals surface area contributed by atoms with E-state index in [0.29, 0.717) is 30.8 Å². The molecule has 0 bridgehead atoms. The second-order valence-corrected chi connectivity index (χ2v) is 6.90. The zero-order valence-electron chi connectivity index (χ0n) is 13.3. The number of carbonyl (C=O) groups excluding carboxylic acids is 1. The van der Waals surface area contributed by atoms with Gasteiger partial charge in [0.2, 0.25) is 15.9 Å². The van der Waals surface area contributed by atoms with Crippen molar-refractivity contribution in [3.63, 3.8) is 0 Å². The molecule has 0 heterocycles. The predicted molar refractivity (Wildman–Crippen MR) is 87.7 cm³/mol. The summed E-state index contributed by atoms with van der Waals surface area (Å²) >= 11 is 0. The van der Waals surface area contributed by atoms with Crippen LogP contribution in [-0.2, 0) is 14.8 Å². The molecule has 7 heteroatoms. The molecule has 1 aromatic rings. The molecule has 1 amide bonds. The predicted octanol–water partition coefficient (Wildman–Crippen LogP) is 1.77. The molecule has 0 spiro atoms. The van der Waals surface area contributed by atoms with Crippen molar-refractivity contribution >= 4 is 21.6 Å². The van der Waals surface area contributed by atoms with Crippen molar-refractivity contribution in [2.75, 3.05) is 30.8 Å². The van der Waals surface area contributed by atoms with E-state index < -0.39 is 10.0 Å². The molecule has 124 valence electrons. The van der Waals surface area contributed by atoms with Gasteiger partial charge in [-0.3, -0.25) is 9.10 Å². The zero-order chi connectivity index (χ0) is 16.6. The van der Waals surface area contributed by atoms with Gasteiger partial charge in [-0.2, -0.15) is 0 Å². The van der Waals surface area contributed by atoms with Gasteiger partial charge in [-0.1, -0.05) is 13.0 Å². The summed E-state index contributed by atoms with van der Waals surface area (Å²) in [6.45, 7) is 2.88. The Labute approximate surface area is 132 Å². The summed E-state index contributed by atoms with van der Waals surface area (Å²) in [6, 6.07) is 6.86. The van der Waals surface area contributed by atoms with Crippen LogP contribution in [0.25, 0.3) is 0 Å². The molecule has 22 heavy (non-hydrogen) atoms. The molecule has 1 N–H and O–H groups in total. The Balaban J connectivity index is 2.72. The number of nitrogens with one attached hydrogen (secondary N) is 1. The molecule has 0 atom stereocenters. The molecule has 0 aromatic heterocycles. The molecular formula is C15H24N2O4S. The Kier molecular flexibility index (Phi) is 7.17. The molecule has 0 saturated carbocycles. The monoisotopic (exact) mass is 328 g/mol. The van der Waals surface area contributed by atoms with Crippen molar-refractivity contribution in [2.45, 2.75) is 26.2 Å². The molecule has 0 unspecified atom stereocenters. The minimum atomic E-state index is -3.41. The maximum absolute atomic E-state index is 12.0. The van der Waals surface area contributed by atoms with Crippen molar-refractivity contribution in [3.05, 3.63) is 24.3 Å². The summed E-state index contributed by atoms with van der Waals surface area (Å²) in [5.41, 5.74) is 0.538. The van der Waals surface area contributed by atoms with E-state index in [4.69, 9.17) is 4.74 Å². The number of rotatable bonds is 9. The van der Waals surface area contributed by atoms with E-state index in [9.17, 15) is 13.2 Å². The average molecular weight is 328 g/mol. The maximum atomic E-state index is 12.0. The number of nitrogens with zero attached hydrogens (tertiary/aromatic N) is 1. The zero-order valence-corrected chi connectivity index (χ0v) is 14.1. The van der Waals surface area contributed by atoms with Gasteiger partial charge in [0.25, 0.3) is 0 Å². The third-order valence-electron chi connectivity index (χ3n) is 3.08. The maximum Gasteiger partial charge on any atom is 0.232 e. The van der Waals surface area contributed by atoms with Crippen LogP contribution >= 0.6 is 0 Å². The van der Waals surface area contributed by atoms with E-state index in [0.717, 1.165) is 12.7 Å². The first-order valence-corrected chi connectivity index (χ1v) is 9.11. The van der Waals surface area contributed by atoms with Crippen LogP contribution < -0.4 is 14.4 Å². The van der Waals surface area contributed by atoms with Crippen LogP contribution in [0.5, 0.6) is 5.75 Å². The quantitative estimate of drug-likeness (QED) is 0.749. The Bertz CT molecular complexity index is 587. The first-order chi connectivity index (χ1) is 10.4. The number of sulfonamides is 1. The average Bonchev–Trinajstić information content (AvgIpc) is 2.48. The number of anilines is 1. The standard InChI is InChI=1S/C15H24N2O4S/c1-4-10-16-15(18)9-6-11-17(22(3,19)20)13-7-5-8-14(12-13)21-2/h5,7-8,12H,4,6,9-11H2,1-3H3,(H,16,18). The molecule has 0 aliphatic carbocycles. The lowest BCUT2D eigenvalue weighted by molar-refractivity contribution is -0.121. The second-order valence-electron chi connectivity index (χ2n) is 4.99. The normalized spacial score (nSPS) is 11.0. The van der Waals surface area contributed by atoms with Gasteiger partial charge in [-0.15, -0.1) is 0 Å². The molecule has 1 rings (SSSR count). The minimum Gasteiger partial charge on any atom is -0.497 e. The van der Waals surface area contributed by atoms with E-state index in [1.165, 1.54) is 11.4 Å².